The van der Waals surface area contributed by atoms with Crippen LogP contribution in [0.25, 0.3) is 0 Å². The molecule has 0 aromatic heterocycles. The number of nitrogens with zero attached hydrogens (tertiary/aromatic N) is 2. The first kappa shape index (κ1) is 20.2. The van der Waals surface area contributed by atoms with Crippen LogP contribution in [0.3, 0.4) is 0 Å². The summed E-state index contributed by atoms with van der Waals surface area (Å²) >= 11 is 0. The molecule has 1 aliphatic rings. The van der Waals surface area contributed by atoms with Crippen molar-refractivity contribution in [3.05, 3.63) is 0 Å². The monoisotopic (exact) mass is 328 g/mol. The zero-order valence-electron chi connectivity index (χ0n) is 15.4. The molecule has 0 radical (unpaired) electrons. The van der Waals surface area contributed by atoms with Crippen molar-refractivity contribution < 1.29 is 9.47 Å². The first-order chi connectivity index (χ1) is 11.2. The highest BCUT2D eigenvalue weighted by molar-refractivity contribution is 5.79. The van der Waals surface area contributed by atoms with Gasteiger partial charge in [-0.05, 0) is 31.7 Å². The number of hydrogen-bond acceptors (Lipinski definition) is 4. The Morgan fingerprint density at radius 1 is 1.26 bits per heavy atom. The Morgan fingerprint density at radius 3 is 2.78 bits per heavy atom. The molecular weight excluding hydrogens is 292 g/mol. The van der Waals surface area contributed by atoms with Crippen molar-refractivity contribution in [2.24, 2.45) is 10.9 Å². The summed E-state index contributed by atoms with van der Waals surface area (Å²) in [4.78, 5) is 6.90. The van der Waals surface area contributed by atoms with Gasteiger partial charge >= 0.3 is 0 Å². The first-order valence-electron chi connectivity index (χ1n) is 8.92. The second-order valence-corrected chi connectivity index (χ2v) is 6.52. The zero-order valence-corrected chi connectivity index (χ0v) is 15.4. The lowest BCUT2D eigenvalue weighted by atomic mass is 10.1. The molecule has 0 spiro atoms. The van der Waals surface area contributed by atoms with E-state index in [1.54, 1.807) is 7.11 Å². The quantitative estimate of drug-likeness (QED) is 0.340. The lowest BCUT2D eigenvalue weighted by Gasteiger charge is -2.27. The minimum absolute atomic E-state index is 0.633. The largest absolute Gasteiger partial charge is 0.382 e. The van der Waals surface area contributed by atoms with Gasteiger partial charge in [0.05, 0.1) is 13.2 Å². The molecule has 1 fully saturated rings. The molecule has 0 aromatic rings. The van der Waals surface area contributed by atoms with Crippen LogP contribution < -0.4 is 10.6 Å². The molecule has 0 saturated carbocycles. The van der Waals surface area contributed by atoms with Crippen LogP contribution in [-0.2, 0) is 9.47 Å². The van der Waals surface area contributed by atoms with Crippen molar-refractivity contribution in [1.82, 2.24) is 15.5 Å². The third-order valence-corrected chi connectivity index (χ3v) is 4.02. The fourth-order valence-corrected chi connectivity index (χ4v) is 2.90. The van der Waals surface area contributed by atoms with Crippen molar-refractivity contribution in [1.29, 1.82) is 0 Å². The van der Waals surface area contributed by atoms with Gasteiger partial charge in [-0.1, -0.05) is 13.8 Å². The molecule has 23 heavy (non-hydrogen) atoms. The summed E-state index contributed by atoms with van der Waals surface area (Å²) in [6.07, 6.45) is 3.56. The van der Waals surface area contributed by atoms with E-state index in [-0.39, 0.29) is 0 Å². The summed E-state index contributed by atoms with van der Waals surface area (Å²) in [5.41, 5.74) is 0. The van der Waals surface area contributed by atoms with E-state index in [0.29, 0.717) is 19.3 Å². The number of nitrogens with one attached hydrogen (secondary N) is 2. The Bertz CT molecular complexity index is 324. The summed E-state index contributed by atoms with van der Waals surface area (Å²) in [6.45, 7) is 10.9. The predicted molar refractivity (Wildman–Crippen MR) is 96.1 cm³/mol. The molecule has 1 saturated heterocycles. The van der Waals surface area contributed by atoms with Gasteiger partial charge in [0, 0.05) is 46.4 Å². The normalized spacial score (nSPS) is 19.5. The van der Waals surface area contributed by atoms with Gasteiger partial charge < -0.3 is 20.1 Å². The molecule has 1 heterocycles. The van der Waals surface area contributed by atoms with E-state index in [0.717, 1.165) is 38.0 Å². The minimum Gasteiger partial charge on any atom is -0.382 e. The highest BCUT2D eigenvalue weighted by Gasteiger charge is 2.24. The van der Waals surface area contributed by atoms with E-state index in [1.807, 2.05) is 7.05 Å². The Hall–Kier alpha value is -0.850. The SMILES string of the molecule is CN=C(NCCCOCCOC)NC[C@H]1CCCN1CC(C)C. The fraction of sp³-hybridized carbons (Fsp3) is 0.941. The van der Waals surface area contributed by atoms with Crippen LogP contribution in [0.5, 0.6) is 0 Å². The molecule has 0 aliphatic carbocycles. The van der Waals surface area contributed by atoms with Crippen LogP contribution in [0.4, 0.5) is 0 Å². The zero-order chi connectivity index (χ0) is 16.9. The van der Waals surface area contributed by atoms with Crippen LogP contribution in [0.1, 0.15) is 33.1 Å². The van der Waals surface area contributed by atoms with Gasteiger partial charge in [0.1, 0.15) is 0 Å². The predicted octanol–water partition coefficient (Wildman–Crippen LogP) is 1.32. The molecule has 1 aliphatic heterocycles. The van der Waals surface area contributed by atoms with Crippen LogP contribution in [0.15, 0.2) is 4.99 Å². The molecule has 1 rings (SSSR count). The number of likely N-dealkylation sites (tertiary alicyclic amines) is 1. The van der Waals surface area contributed by atoms with Crippen LogP contribution >= 0.6 is 0 Å². The summed E-state index contributed by atoms with van der Waals surface area (Å²) in [5.74, 6) is 1.62. The lowest BCUT2D eigenvalue weighted by Crippen LogP contribution is -2.45. The third-order valence-electron chi connectivity index (χ3n) is 4.02. The molecule has 0 aromatic carbocycles. The molecular formula is C17H36N4O2. The average molecular weight is 329 g/mol. The van der Waals surface area contributed by atoms with Crippen LogP contribution in [0, 0.1) is 5.92 Å². The van der Waals surface area contributed by atoms with Gasteiger partial charge in [-0.15, -0.1) is 0 Å². The fourth-order valence-electron chi connectivity index (χ4n) is 2.90. The number of rotatable bonds is 11. The topological polar surface area (TPSA) is 58.1 Å². The van der Waals surface area contributed by atoms with Crippen molar-refractivity contribution in [2.45, 2.75) is 39.2 Å². The molecule has 0 unspecified atom stereocenters. The number of methoxy groups -OCH3 is 1. The van der Waals surface area contributed by atoms with Crippen LogP contribution in [-0.4, -0.2) is 77.1 Å². The van der Waals surface area contributed by atoms with Gasteiger partial charge in [0.15, 0.2) is 5.96 Å². The summed E-state index contributed by atoms with van der Waals surface area (Å²) in [7, 11) is 3.51. The number of guanidine groups is 1. The van der Waals surface area contributed by atoms with Gasteiger partial charge in [-0.3, -0.25) is 9.89 Å². The summed E-state index contributed by atoms with van der Waals surface area (Å²) < 4.78 is 10.4. The highest BCUT2D eigenvalue weighted by Crippen LogP contribution is 2.17. The Labute approximate surface area is 142 Å². The molecule has 1 atom stereocenters. The van der Waals surface area contributed by atoms with Crippen molar-refractivity contribution in [2.75, 3.05) is 60.2 Å². The summed E-state index contributed by atoms with van der Waals surface area (Å²) in [6, 6.07) is 0.633. The lowest BCUT2D eigenvalue weighted by molar-refractivity contribution is 0.0698. The second kappa shape index (κ2) is 12.6. The Morgan fingerprint density at radius 2 is 2.09 bits per heavy atom. The number of ether oxygens (including phenoxy) is 2. The molecule has 2 N–H and O–H groups in total. The molecule has 136 valence electrons. The van der Waals surface area contributed by atoms with Crippen LogP contribution in [0.2, 0.25) is 0 Å². The number of hydrogen-bond donors (Lipinski definition) is 2. The van der Waals surface area contributed by atoms with Gasteiger partial charge in [-0.2, -0.15) is 0 Å². The van der Waals surface area contributed by atoms with E-state index in [1.165, 1.54) is 25.9 Å². The van der Waals surface area contributed by atoms with E-state index in [4.69, 9.17) is 9.47 Å². The van der Waals surface area contributed by atoms with E-state index >= 15 is 0 Å². The maximum absolute atomic E-state index is 5.45. The molecule has 0 amide bonds. The first-order valence-corrected chi connectivity index (χ1v) is 8.92. The average Bonchev–Trinajstić information content (AvgIpc) is 2.95. The second-order valence-electron chi connectivity index (χ2n) is 6.52. The van der Waals surface area contributed by atoms with E-state index in [2.05, 4.69) is 34.4 Å². The Kier molecular flexibility index (Phi) is 11.0. The van der Waals surface area contributed by atoms with Crippen molar-refractivity contribution in [3.63, 3.8) is 0 Å². The third kappa shape index (κ3) is 9.13. The Balaban J connectivity index is 2.13. The van der Waals surface area contributed by atoms with E-state index in [9.17, 15) is 0 Å². The number of aliphatic imine (C=N–C) groups is 1. The van der Waals surface area contributed by atoms with Gasteiger partial charge in [-0.25, -0.2) is 0 Å². The maximum Gasteiger partial charge on any atom is 0.191 e. The summed E-state index contributed by atoms with van der Waals surface area (Å²) in [5, 5.41) is 6.81. The van der Waals surface area contributed by atoms with Gasteiger partial charge in [0.2, 0.25) is 0 Å². The van der Waals surface area contributed by atoms with Crippen molar-refractivity contribution in [3.8, 4) is 0 Å². The maximum atomic E-state index is 5.45. The molecule has 6 heteroatoms. The van der Waals surface area contributed by atoms with E-state index < -0.39 is 0 Å². The van der Waals surface area contributed by atoms with Gasteiger partial charge in [0.25, 0.3) is 0 Å². The van der Waals surface area contributed by atoms with Crippen molar-refractivity contribution >= 4 is 5.96 Å². The highest BCUT2D eigenvalue weighted by atomic mass is 16.5. The molecule has 0 bridgehead atoms. The minimum atomic E-state index is 0.633. The smallest absolute Gasteiger partial charge is 0.191 e. The standard InChI is InChI=1S/C17H36N4O2/c1-15(2)14-21-9-5-7-16(21)13-20-17(18-3)19-8-6-10-23-12-11-22-4/h15-16H,5-14H2,1-4H3,(H2,18,19,20)/t16-/m1/s1. The molecule has 6 nitrogen and oxygen atoms in total.